The number of carbonyl (C=O) groups excluding carboxylic acids is 10. The van der Waals surface area contributed by atoms with Crippen molar-refractivity contribution in [2.45, 2.75) is 181 Å². The third kappa shape index (κ3) is 28.2. The van der Waals surface area contributed by atoms with Crippen LogP contribution in [-0.4, -0.2) is 150 Å². The van der Waals surface area contributed by atoms with Gasteiger partial charge in [0.25, 0.3) is 0 Å². The molecule has 22 N–H and O–H groups in total. The number of rotatable bonds is 29. The SMILES string of the molecule is CC[C@H](C)[C@@H]1NC(=O)[C@H](NC(=O)[C@@H](N)CCCN=C(N)N)CSSC[C@H](C(=O)N[C@@H](CCCN=C(N)N)C(=O)N[C@@H](CC(C)(C)C)C(=O)N[C@@H](CC(C)C)C(=O)N[C@@H](CCC(N)=O)C(N)=O)NC(=O)[C@H](CC(C)C)NC1=O. The van der Waals surface area contributed by atoms with Crippen LogP contribution in [0.4, 0.5) is 0 Å². The van der Waals surface area contributed by atoms with Crippen LogP contribution in [0.15, 0.2) is 9.98 Å². The first-order valence-corrected chi connectivity index (χ1v) is 28.5. The Morgan fingerprint density at radius 3 is 1.73 bits per heavy atom. The maximum absolute atomic E-state index is 14.6. The lowest BCUT2D eigenvalue weighted by atomic mass is 9.87. The molecule has 0 aromatic carbocycles. The van der Waals surface area contributed by atoms with Crippen molar-refractivity contribution in [2.24, 2.45) is 73.3 Å². The lowest BCUT2D eigenvalue weighted by molar-refractivity contribution is -0.136. The van der Waals surface area contributed by atoms with E-state index in [9.17, 15) is 47.9 Å². The molecule has 29 heteroatoms. The van der Waals surface area contributed by atoms with Crippen LogP contribution in [0.3, 0.4) is 0 Å². The van der Waals surface area contributed by atoms with Gasteiger partial charge in [0.1, 0.15) is 48.3 Å². The summed E-state index contributed by atoms with van der Waals surface area (Å²) in [6, 6.07) is -11.1. The van der Waals surface area contributed by atoms with Gasteiger partial charge < -0.3 is 82.7 Å². The van der Waals surface area contributed by atoms with Gasteiger partial charge >= 0.3 is 0 Å². The summed E-state index contributed by atoms with van der Waals surface area (Å²) >= 11 is 0. The third-order valence-electron chi connectivity index (χ3n) is 12.0. The molecule has 1 aliphatic rings. The Hall–Kier alpha value is -6.10. The van der Waals surface area contributed by atoms with Crippen LogP contribution in [-0.2, 0) is 47.9 Å². The first kappa shape index (κ1) is 68.9. The third-order valence-corrected chi connectivity index (χ3v) is 14.4. The largest absolute Gasteiger partial charge is 0.370 e. The molecule has 0 aliphatic carbocycles. The van der Waals surface area contributed by atoms with Gasteiger partial charge in [0.05, 0.1) is 6.04 Å². The van der Waals surface area contributed by atoms with Gasteiger partial charge in [-0.15, -0.1) is 0 Å². The average molecular weight is 1130 g/mol. The summed E-state index contributed by atoms with van der Waals surface area (Å²) in [5.74, 6) is -8.83. The molecule has 1 aliphatic heterocycles. The molecule has 0 spiro atoms. The molecule has 0 saturated carbocycles. The Bertz CT molecular complexity index is 2070. The van der Waals surface area contributed by atoms with E-state index in [1.807, 2.05) is 41.5 Å². The Labute approximate surface area is 460 Å². The predicted molar refractivity (Wildman–Crippen MR) is 298 cm³/mol. The molecule has 27 nitrogen and oxygen atoms in total. The summed E-state index contributed by atoms with van der Waals surface area (Å²) < 4.78 is 0. The van der Waals surface area contributed by atoms with Crippen LogP contribution in [0.1, 0.15) is 127 Å². The molecule has 1 fully saturated rings. The molecule has 10 amide bonds. The quantitative estimate of drug-likeness (QED) is 0.0154. The zero-order chi connectivity index (χ0) is 58.7. The van der Waals surface area contributed by atoms with Gasteiger partial charge in [-0.05, 0) is 74.5 Å². The summed E-state index contributed by atoms with van der Waals surface area (Å²) in [6.07, 6.45) is 0.912. The summed E-state index contributed by atoms with van der Waals surface area (Å²) in [5.41, 5.74) is 38.3. The summed E-state index contributed by atoms with van der Waals surface area (Å²) in [6.45, 7) is 16.6. The molecular weight excluding hydrogens is 1040 g/mol. The van der Waals surface area contributed by atoms with Crippen molar-refractivity contribution in [3.05, 3.63) is 0 Å². The van der Waals surface area contributed by atoms with Crippen LogP contribution in [0.25, 0.3) is 0 Å². The minimum atomic E-state index is -1.37. The molecule has 0 unspecified atom stereocenters. The highest BCUT2D eigenvalue weighted by Crippen LogP contribution is 2.25. The monoisotopic (exact) mass is 1130 g/mol. The van der Waals surface area contributed by atoms with Gasteiger partial charge in [0.2, 0.25) is 59.1 Å². The van der Waals surface area contributed by atoms with Crippen LogP contribution in [0.2, 0.25) is 0 Å². The minimum absolute atomic E-state index is 0.0377. The minimum Gasteiger partial charge on any atom is -0.370 e. The molecule has 0 bridgehead atoms. The fourth-order valence-corrected chi connectivity index (χ4v) is 10.0. The first-order valence-electron chi connectivity index (χ1n) is 26.0. The standard InChI is InChI=1S/C48H89N17O10S2/c1-10-26(6)36-45(75)61-31(20-25(4)5)41(71)64-33(22-76-77-23-34(44(74)65-36)63-38(68)27(49)13-11-17-56-46(52)53)43(73)59-29(14-12-18-57-47(54)55)39(69)62-32(21-48(7,8)9)42(72)60-30(19-24(2)3)40(70)58-28(37(51)67)15-16-35(50)66/h24-34,36H,10-23,49H2,1-9H3,(H2,50,66)(H2,51,67)(H,58,70)(H,59,73)(H,60,72)(H,61,75)(H,62,69)(H,63,68)(H,64,71)(H,65,74)(H4,52,53,56)(H4,54,55,57)/t26-,27-,28-,29-,30-,31-,32-,33+,34+,36-/m0/s1. The second-order valence-corrected chi connectivity index (χ2v) is 23.9. The number of amides is 10. The van der Waals surface area contributed by atoms with Crippen LogP contribution in [0, 0.1) is 23.2 Å². The van der Waals surface area contributed by atoms with Crippen LogP contribution in [0.5, 0.6) is 0 Å². The van der Waals surface area contributed by atoms with Gasteiger partial charge in [-0.2, -0.15) is 0 Å². The van der Waals surface area contributed by atoms with Gasteiger partial charge in [0, 0.05) is 31.0 Å². The molecule has 77 heavy (non-hydrogen) atoms. The molecule has 10 atom stereocenters. The molecular formula is C48H89N17O10S2. The Balaban J connectivity index is 3.74. The van der Waals surface area contributed by atoms with Crippen LogP contribution < -0.4 is 82.7 Å². The molecule has 1 heterocycles. The molecule has 1 rings (SSSR count). The topological polar surface area (TPSA) is 474 Å². The summed E-state index contributed by atoms with van der Waals surface area (Å²) in [7, 11) is 2.17. The summed E-state index contributed by atoms with van der Waals surface area (Å²) in [5, 5.41) is 21.7. The maximum Gasteiger partial charge on any atom is 0.244 e. The molecule has 0 aromatic rings. The van der Waals surface area contributed by atoms with Crippen molar-refractivity contribution in [1.82, 2.24) is 42.5 Å². The van der Waals surface area contributed by atoms with Crippen molar-refractivity contribution in [1.29, 1.82) is 0 Å². The lowest BCUT2D eigenvalue weighted by Gasteiger charge is -2.31. The van der Waals surface area contributed by atoms with E-state index in [1.54, 1.807) is 20.8 Å². The van der Waals surface area contributed by atoms with Crippen LogP contribution >= 0.6 is 21.6 Å². The molecule has 1 saturated heterocycles. The number of nitrogens with two attached hydrogens (primary N) is 7. The number of hydrogen-bond donors (Lipinski definition) is 15. The number of primary amides is 2. The lowest BCUT2D eigenvalue weighted by Crippen LogP contribution is -2.62. The van der Waals surface area contributed by atoms with E-state index >= 15 is 0 Å². The second kappa shape index (κ2) is 34.6. The number of aliphatic imine (C=N–C) groups is 2. The maximum atomic E-state index is 14.6. The smallest absolute Gasteiger partial charge is 0.244 e. The highest BCUT2D eigenvalue weighted by atomic mass is 33.1. The Kier molecular flexibility index (Phi) is 31.0. The van der Waals surface area contributed by atoms with Crippen molar-refractivity contribution in [3.63, 3.8) is 0 Å². The van der Waals surface area contributed by atoms with E-state index in [2.05, 4.69) is 52.5 Å². The normalized spacial score (nSPS) is 19.9. The van der Waals surface area contributed by atoms with Gasteiger partial charge in [-0.1, -0.05) is 90.3 Å². The number of carbonyl (C=O) groups is 10. The van der Waals surface area contributed by atoms with E-state index in [4.69, 9.17) is 40.1 Å². The van der Waals surface area contributed by atoms with E-state index in [0.29, 0.717) is 12.8 Å². The van der Waals surface area contributed by atoms with Gasteiger partial charge in [-0.3, -0.25) is 57.9 Å². The fraction of sp³-hybridized carbons (Fsp3) is 0.750. The zero-order valence-electron chi connectivity index (χ0n) is 46.2. The van der Waals surface area contributed by atoms with E-state index < -0.39 is 125 Å². The predicted octanol–water partition coefficient (Wildman–Crippen LogP) is -2.98. The second-order valence-electron chi connectivity index (χ2n) is 21.3. The number of hydrogen-bond acceptors (Lipinski definition) is 15. The Morgan fingerprint density at radius 2 is 1.19 bits per heavy atom. The van der Waals surface area contributed by atoms with Crippen molar-refractivity contribution in [3.8, 4) is 0 Å². The molecule has 438 valence electrons. The summed E-state index contributed by atoms with van der Waals surface area (Å²) in [4.78, 5) is 144. The zero-order valence-corrected chi connectivity index (χ0v) is 47.8. The average Bonchev–Trinajstić information content (AvgIpc) is 3.31. The van der Waals surface area contributed by atoms with Gasteiger partial charge in [0.15, 0.2) is 11.9 Å². The Morgan fingerprint density at radius 1 is 0.649 bits per heavy atom. The van der Waals surface area contributed by atoms with E-state index in [0.717, 1.165) is 21.6 Å². The number of nitrogens with zero attached hydrogens (tertiary/aromatic N) is 2. The molecule has 0 radical (unpaired) electrons. The van der Waals surface area contributed by atoms with Crippen molar-refractivity contribution in [2.75, 3.05) is 24.6 Å². The highest BCUT2D eigenvalue weighted by molar-refractivity contribution is 8.76. The van der Waals surface area contributed by atoms with E-state index in [-0.39, 0.29) is 99.7 Å². The number of guanidine groups is 2. The fourth-order valence-electron chi connectivity index (χ4n) is 7.68. The molecule has 0 aromatic heterocycles. The van der Waals surface area contributed by atoms with E-state index in [1.165, 1.54) is 0 Å². The van der Waals surface area contributed by atoms with Gasteiger partial charge in [-0.25, -0.2) is 0 Å². The van der Waals surface area contributed by atoms with Crippen molar-refractivity contribution < 1.29 is 47.9 Å². The first-order chi connectivity index (χ1) is 35.8. The van der Waals surface area contributed by atoms with Crippen molar-refractivity contribution >= 4 is 92.6 Å². The number of nitrogens with one attached hydrogen (secondary N) is 8. The highest BCUT2D eigenvalue weighted by Gasteiger charge is 2.37.